The van der Waals surface area contributed by atoms with Crippen LogP contribution >= 0.6 is 0 Å². The molecular weight excluding hydrogens is 328 g/mol. The second-order valence-electron chi connectivity index (χ2n) is 7.31. The first-order valence-corrected chi connectivity index (χ1v) is 8.79. The van der Waals surface area contributed by atoms with Gasteiger partial charge in [0.25, 0.3) is 0 Å². The molecule has 0 spiro atoms. The number of hydrogen-bond acceptors (Lipinski definition) is 4. The highest BCUT2D eigenvalue weighted by Crippen LogP contribution is 2.33. The molecule has 0 saturated carbocycles. The van der Waals surface area contributed by atoms with Gasteiger partial charge in [0.05, 0.1) is 24.9 Å². The Morgan fingerprint density at radius 3 is 2.38 bits per heavy atom. The Kier molecular flexibility index (Phi) is 6.09. The lowest BCUT2D eigenvalue weighted by atomic mass is 9.92. The van der Waals surface area contributed by atoms with Crippen molar-refractivity contribution in [1.82, 2.24) is 0 Å². The summed E-state index contributed by atoms with van der Waals surface area (Å²) in [5.74, 6) is 0.488. The second kappa shape index (κ2) is 7.92. The summed E-state index contributed by atoms with van der Waals surface area (Å²) in [5, 5.41) is 9.82. The van der Waals surface area contributed by atoms with E-state index in [0.717, 1.165) is 33.6 Å². The summed E-state index contributed by atoms with van der Waals surface area (Å²) >= 11 is 0. The monoisotopic (exact) mass is 356 g/mol. The molecule has 0 aliphatic heterocycles. The van der Waals surface area contributed by atoms with Crippen LogP contribution in [0.15, 0.2) is 30.3 Å². The summed E-state index contributed by atoms with van der Waals surface area (Å²) in [4.78, 5) is 12.0. The fourth-order valence-electron chi connectivity index (χ4n) is 2.90. The van der Waals surface area contributed by atoms with E-state index >= 15 is 0 Å². The summed E-state index contributed by atoms with van der Waals surface area (Å²) in [6.07, 6.45) is 0.563. The largest absolute Gasteiger partial charge is 0.493 e. The fourth-order valence-corrected chi connectivity index (χ4v) is 2.90. The summed E-state index contributed by atoms with van der Waals surface area (Å²) in [6.45, 7) is 9.97. The van der Waals surface area contributed by atoms with Gasteiger partial charge in [0.2, 0.25) is 0 Å². The van der Waals surface area contributed by atoms with Gasteiger partial charge in [-0.3, -0.25) is 0 Å². The normalized spacial score (nSPS) is 11.3. The summed E-state index contributed by atoms with van der Waals surface area (Å²) in [5.41, 5.74) is 4.90. The SMILES string of the molecule is COC(=O)c1cccc(-c2cc(C)c(OCCC(C)(C)O)cc2C)c1C. The number of rotatable bonds is 6. The molecule has 2 rings (SSSR count). The van der Waals surface area contributed by atoms with E-state index in [2.05, 4.69) is 6.07 Å². The number of carbonyl (C=O) groups excluding carboxylic acids is 1. The van der Waals surface area contributed by atoms with Crippen molar-refractivity contribution in [1.29, 1.82) is 0 Å². The number of aryl methyl sites for hydroxylation is 2. The smallest absolute Gasteiger partial charge is 0.338 e. The number of aliphatic hydroxyl groups is 1. The molecule has 0 aliphatic carbocycles. The van der Waals surface area contributed by atoms with E-state index in [0.29, 0.717) is 18.6 Å². The van der Waals surface area contributed by atoms with Crippen molar-refractivity contribution in [3.63, 3.8) is 0 Å². The zero-order chi connectivity index (χ0) is 19.5. The molecule has 0 radical (unpaired) electrons. The molecule has 0 aromatic heterocycles. The van der Waals surface area contributed by atoms with E-state index in [-0.39, 0.29) is 5.97 Å². The van der Waals surface area contributed by atoms with Crippen molar-refractivity contribution in [2.24, 2.45) is 0 Å². The van der Waals surface area contributed by atoms with Crippen LogP contribution in [0.1, 0.15) is 47.3 Å². The van der Waals surface area contributed by atoms with Crippen LogP contribution in [0.4, 0.5) is 0 Å². The Balaban J connectivity index is 2.35. The van der Waals surface area contributed by atoms with E-state index in [4.69, 9.17) is 9.47 Å². The van der Waals surface area contributed by atoms with Crippen LogP contribution in [-0.2, 0) is 4.74 Å². The Labute approximate surface area is 155 Å². The molecule has 4 nitrogen and oxygen atoms in total. The topological polar surface area (TPSA) is 55.8 Å². The highest BCUT2D eigenvalue weighted by Gasteiger charge is 2.16. The Bertz CT molecular complexity index is 801. The van der Waals surface area contributed by atoms with Crippen LogP contribution in [0.5, 0.6) is 5.75 Å². The molecule has 0 bridgehead atoms. The molecule has 0 saturated heterocycles. The molecule has 0 heterocycles. The number of benzene rings is 2. The predicted octanol–water partition coefficient (Wildman–Crippen LogP) is 4.61. The number of hydrogen-bond donors (Lipinski definition) is 1. The quantitative estimate of drug-likeness (QED) is 0.768. The zero-order valence-corrected chi connectivity index (χ0v) is 16.5. The maximum Gasteiger partial charge on any atom is 0.338 e. The molecule has 0 unspecified atom stereocenters. The first kappa shape index (κ1) is 20.0. The van der Waals surface area contributed by atoms with Crippen LogP contribution in [-0.4, -0.2) is 30.4 Å². The highest BCUT2D eigenvalue weighted by molar-refractivity contribution is 5.93. The predicted molar refractivity (Wildman–Crippen MR) is 104 cm³/mol. The molecule has 1 N–H and O–H groups in total. The Morgan fingerprint density at radius 1 is 1.08 bits per heavy atom. The summed E-state index contributed by atoms with van der Waals surface area (Å²) in [7, 11) is 1.39. The van der Waals surface area contributed by atoms with E-state index < -0.39 is 5.60 Å². The molecule has 0 aliphatic rings. The first-order chi connectivity index (χ1) is 12.1. The average Bonchev–Trinajstić information content (AvgIpc) is 2.56. The minimum absolute atomic E-state index is 0.328. The van der Waals surface area contributed by atoms with Gasteiger partial charge in [-0.15, -0.1) is 0 Å². The third-order valence-electron chi connectivity index (χ3n) is 4.52. The molecular formula is C22H28O4. The Morgan fingerprint density at radius 2 is 1.77 bits per heavy atom. The van der Waals surface area contributed by atoms with Crippen molar-refractivity contribution >= 4 is 5.97 Å². The number of carbonyl (C=O) groups is 1. The molecule has 0 fully saturated rings. The lowest BCUT2D eigenvalue weighted by Crippen LogP contribution is -2.21. The van der Waals surface area contributed by atoms with Crippen molar-refractivity contribution in [2.45, 2.75) is 46.6 Å². The highest BCUT2D eigenvalue weighted by atomic mass is 16.5. The van der Waals surface area contributed by atoms with Gasteiger partial charge >= 0.3 is 5.97 Å². The van der Waals surface area contributed by atoms with Crippen LogP contribution < -0.4 is 4.74 Å². The van der Waals surface area contributed by atoms with E-state index in [9.17, 15) is 9.90 Å². The van der Waals surface area contributed by atoms with Gasteiger partial charge in [0.1, 0.15) is 5.75 Å². The van der Waals surface area contributed by atoms with Crippen molar-refractivity contribution in [3.05, 3.63) is 52.6 Å². The van der Waals surface area contributed by atoms with Gasteiger partial charge in [0, 0.05) is 6.42 Å². The third-order valence-corrected chi connectivity index (χ3v) is 4.52. The molecule has 0 amide bonds. The minimum Gasteiger partial charge on any atom is -0.493 e. The van der Waals surface area contributed by atoms with Crippen molar-refractivity contribution in [3.8, 4) is 16.9 Å². The minimum atomic E-state index is -0.742. The van der Waals surface area contributed by atoms with Crippen LogP contribution in [0, 0.1) is 20.8 Å². The van der Waals surface area contributed by atoms with E-state index in [1.807, 2.05) is 39.0 Å². The number of esters is 1. The van der Waals surface area contributed by atoms with Gasteiger partial charge in [-0.05, 0) is 80.6 Å². The molecule has 2 aromatic rings. The van der Waals surface area contributed by atoms with E-state index in [1.165, 1.54) is 7.11 Å². The van der Waals surface area contributed by atoms with Crippen LogP contribution in [0.25, 0.3) is 11.1 Å². The molecule has 0 atom stereocenters. The number of methoxy groups -OCH3 is 1. The van der Waals surface area contributed by atoms with Crippen molar-refractivity contribution in [2.75, 3.05) is 13.7 Å². The maximum atomic E-state index is 12.0. The number of ether oxygens (including phenoxy) is 2. The van der Waals surface area contributed by atoms with Gasteiger partial charge in [0.15, 0.2) is 0 Å². The maximum absolute atomic E-state index is 12.0. The second-order valence-corrected chi connectivity index (χ2v) is 7.31. The summed E-state index contributed by atoms with van der Waals surface area (Å²) < 4.78 is 10.7. The molecule has 26 heavy (non-hydrogen) atoms. The van der Waals surface area contributed by atoms with Crippen LogP contribution in [0.3, 0.4) is 0 Å². The van der Waals surface area contributed by atoms with Crippen LogP contribution in [0.2, 0.25) is 0 Å². The van der Waals surface area contributed by atoms with Crippen molar-refractivity contribution < 1.29 is 19.4 Å². The molecule has 140 valence electrons. The van der Waals surface area contributed by atoms with Gasteiger partial charge in [-0.2, -0.15) is 0 Å². The standard InChI is InChI=1S/C22H28O4/c1-14-13-20(26-11-10-22(4,5)24)15(2)12-19(14)17-8-7-9-18(16(17)3)21(23)25-6/h7-9,12-13,24H,10-11H2,1-6H3. The van der Waals surface area contributed by atoms with Gasteiger partial charge in [-0.1, -0.05) is 12.1 Å². The lowest BCUT2D eigenvalue weighted by molar-refractivity contribution is 0.0551. The average molecular weight is 356 g/mol. The van der Waals surface area contributed by atoms with E-state index in [1.54, 1.807) is 19.9 Å². The Hall–Kier alpha value is -2.33. The zero-order valence-electron chi connectivity index (χ0n) is 16.5. The lowest BCUT2D eigenvalue weighted by Gasteiger charge is -2.19. The first-order valence-electron chi connectivity index (χ1n) is 8.79. The third kappa shape index (κ3) is 4.64. The van der Waals surface area contributed by atoms with Gasteiger partial charge < -0.3 is 14.6 Å². The summed E-state index contributed by atoms with van der Waals surface area (Å²) in [6, 6.07) is 9.76. The molecule has 4 heteroatoms. The van der Waals surface area contributed by atoms with Gasteiger partial charge in [-0.25, -0.2) is 4.79 Å². The molecule has 2 aromatic carbocycles. The fraction of sp³-hybridized carbons (Fsp3) is 0.409.